The van der Waals surface area contributed by atoms with E-state index in [-0.39, 0.29) is 0 Å². The van der Waals surface area contributed by atoms with Gasteiger partial charge in [0.25, 0.3) is 0 Å². The molecule has 0 amide bonds. The van der Waals surface area contributed by atoms with Crippen molar-refractivity contribution in [2.75, 3.05) is 11.9 Å². The first-order valence-corrected chi connectivity index (χ1v) is 9.15. The van der Waals surface area contributed by atoms with Crippen molar-refractivity contribution in [2.24, 2.45) is 0 Å². The molecule has 3 nitrogen and oxygen atoms in total. The number of thiophene rings is 1. The summed E-state index contributed by atoms with van der Waals surface area (Å²) >= 11 is 4.10. The molecule has 0 radical (unpaired) electrons. The summed E-state index contributed by atoms with van der Waals surface area (Å²) in [6.07, 6.45) is 5.19. The Balaban J connectivity index is 2.07. The number of aromatic nitrogens is 2. The quantitative estimate of drug-likeness (QED) is 0.744. The number of anilines is 1. The second kappa shape index (κ2) is 6.39. The van der Waals surface area contributed by atoms with E-state index in [2.05, 4.69) is 51.7 Å². The van der Waals surface area contributed by atoms with E-state index in [1.165, 1.54) is 34.9 Å². The Morgan fingerprint density at radius 1 is 1.35 bits per heavy atom. The summed E-state index contributed by atoms with van der Waals surface area (Å²) in [4.78, 5) is 9.60. The second-order valence-electron chi connectivity index (χ2n) is 5.12. The topological polar surface area (TPSA) is 37.8 Å². The Morgan fingerprint density at radius 2 is 2.15 bits per heavy atom. The van der Waals surface area contributed by atoms with E-state index in [1.807, 2.05) is 0 Å². The Bertz CT molecular complexity index is 577. The molecule has 1 saturated carbocycles. The highest BCUT2D eigenvalue weighted by molar-refractivity contribution is 14.1. The molecule has 2 aromatic rings. The van der Waals surface area contributed by atoms with Crippen LogP contribution in [0.5, 0.6) is 0 Å². The first-order chi connectivity index (χ1) is 9.79. The molecule has 20 heavy (non-hydrogen) atoms. The highest BCUT2D eigenvalue weighted by Gasteiger charge is 2.24. The molecule has 2 aromatic heterocycles. The molecule has 0 spiro atoms. The number of halogens is 1. The molecule has 1 aliphatic rings. The van der Waals surface area contributed by atoms with Crippen LogP contribution in [0.15, 0.2) is 16.8 Å². The van der Waals surface area contributed by atoms with Crippen molar-refractivity contribution in [3.05, 3.63) is 26.1 Å². The largest absolute Gasteiger partial charge is 0.369 e. The summed E-state index contributed by atoms with van der Waals surface area (Å²) in [5.41, 5.74) is 2.38. The third-order valence-electron chi connectivity index (χ3n) is 3.74. The summed E-state index contributed by atoms with van der Waals surface area (Å²) in [6.45, 7) is 3.00. The summed E-state index contributed by atoms with van der Waals surface area (Å²) in [7, 11) is 0. The minimum atomic E-state index is 0.611. The van der Waals surface area contributed by atoms with Gasteiger partial charge >= 0.3 is 0 Å². The van der Waals surface area contributed by atoms with Crippen LogP contribution in [0.25, 0.3) is 11.4 Å². The average molecular weight is 399 g/mol. The van der Waals surface area contributed by atoms with Crippen molar-refractivity contribution in [1.82, 2.24) is 9.97 Å². The lowest BCUT2D eigenvalue weighted by atomic mass is 10.0. The Labute approximate surface area is 137 Å². The van der Waals surface area contributed by atoms with Gasteiger partial charge in [0.2, 0.25) is 0 Å². The van der Waals surface area contributed by atoms with Crippen LogP contribution in [0.4, 0.5) is 5.82 Å². The van der Waals surface area contributed by atoms with Crippen LogP contribution < -0.4 is 5.32 Å². The number of hydrogen-bond acceptors (Lipinski definition) is 4. The normalized spacial score (nSPS) is 15.7. The van der Waals surface area contributed by atoms with Crippen LogP contribution in [-0.4, -0.2) is 16.5 Å². The monoisotopic (exact) mass is 399 g/mol. The van der Waals surface area contributed by atoms with Crippen molar-refractivity contribution in [1.29, 1.82) is 0 Å². The molecule has 1 fully saturated rings. The first kappa shape index (κ1) is 14.3. The number of hydrogen-bond donors (Lipinski definition) is 1. The van der Waals surface area contributed by atoms with E-state index >= 15 is 0 Å². The van der Waals surface area contributed by atoms with Gasteiger partial charge in [0.1, 0.15) is 5.82 Å². The van der Waals surface area contributed by atoms with Crippen LogP contribution in [0.1, 0.15) is 44.2 Å². The molecule has 1 aliphatic carbocycles. The first-order valence-electron chi connectivity index (χ1n) is 7.13. The van der Waals surface area contributed by atoms with E-state index in [9.17, 15) is 0 Å². The fourth-order valence-electron chi connectivity index (χ4n) is 2.74. The van der Waals surface area contributed by atoms with Gasteiger partial charge < -0.3 is 5.32 Å². The van der Waals surface area contributed by atoms with Crippen LogP contribution in [0.3, 0.4) is 0 Å². The van der Waals surface area contributed by atoms with E-state index in [1.54, 1.807) is 11.3 Å². The number of rotatable bonds is 4. The van der Waals surface area contributed by atoms with Crippen molar-refractivity contribution in [2.45, 2.75) is 38.5 Å². The van der Waals surface area contributed by atoms with Gasteiger partial charge in [0, 0.05) is 23.4 Å². The van der Waals surface area contributed by atoms with Gasteiger partial charge in [0.05, 0.1) is 9.26 Å². The van der Waals surface area contributed by atoms with Crippen LogP contribution in [-0.2, 0) is 0 Å². The molecule has 0 atom stereocenters. The standard InChI is InChI=1S/C15H18IN3S/c1-2-17-15-12(16)13(10-5-3-4-6-10)18-14(19-15)11-7-8-20-9-11/h7-10H,2-6H2,1H3,(H,17,18,19). The fourth-order valence-corrected chi connectivity index (χ4v) is 4.25. The molecule has 106 valence electrons. The van der Waals surface area contributed by atoms with Gasteiger partial charge in [-0.05, 0) is 53.8 Å². The van der Waals surface area contributed by atoms with E-state index in [4.69, 9.17) is 9.97 Å². The third-order valence-corrected chi connectivity index (χ3v) is 5.49. The zero-order valence-corrected chi connectivity index (χ0v) is 14.5. The van der Waals surface area contributed by atoms with Gasteiger partial charge in [0.15, 0.2) is 5.82 Å². The predicted octanol–water partition coefficient (Wildman–Crippen LogP) is 4.90. The van der Waals surface area contributed by atoms with Crippen molar-refractivity contribution in [3.8, 4) is 11.4 Å². The lowest BCUT2D eigenvalue weighted by Gasteiger charge is -2.15. The van der Waals surface area contributed by atoms with Gasteiger partial charge in [-0.3, -0.25) is 0 Å². The highest BCUT2D eigenvalue weighted by atomic mass is 127. The number of nitrogens with one attached hydrogen (secondary N) is 1. The molecule has 2 heterocycles. The molecule has 0 aliphatic heterocycles. The lowest BCUT2D eigenvalue weighted by molar-refractivity contribution is 0.690. The predicted molar refractivity (Wildman–Crippen MR) is 93.4 cm³/mol. The molecular weight excluding hydrogens is 381 g/mol. The third kappa shape index (κ3) is 2.83. The molecule has 0 saturated heterocycles. The van der Waals surface area contributed by atoms with Gasteiger partial charge in [-0.2, -0.15) is 11.3 Å². The lowest BCUT2D eigenvalue weighted by Crippen LogP contribution is -2.10. The molecular formula is C15H18IN3S. The maximum atomic E-state index is 4.89. The smallest absolute Gasteiger partial charge is 0.162 e. The zero-order chi connectivity index (χ0) is 13.9. The van der Waals surface area contributed by atoms with E-state index in [0.29, 0.717) is 5.92 Å². The zero-order valence-electron chi connectivity index (χ0n) is 11.5. The number of nitrogens with zero attached hydrogens (tertiary/aromatic N) is 2. The van der Waals surface area contributed by atoms with Gasteiger partial charge in [-0.15, -0.1) is 0 Å². The molecule has 0 unspecified atom stereocenters. The summed E-state index contributed by atoms with van der Waals surface area (Å²) in [5, 5.41) is 7.59. The summed E-state index contributed by atoms with van der Waals surface area (Å²) < 4.78 is 1.20. The van der Waals surface area contributed by atoms with Crippen LogP contribution in [0, 0.1) is 3.57 Å². The van der Waals surface area contributed by atoms with E-state index < -0.39 is 0 Å². The molecule has 5 heteroatoms. The maximum Gasteiger partial charge on any atom is 0.162 e. The van der Waals surface area contributed by atoms with Gasteiger partial charge in [-0.25, -0.2) is 9.97 Å². The Hall–Kier alpha value is -0.690. The SMILES string of the molecule is CCNc1nc(-c2ccsc2)nc(C2CCCC2)c1I. The summed E-state index contributed by atoms with van der Waals surface area (Å²) in [6, 6.07) is 2.10. The molecule has 3 rings (SSSR count). The fraction of sp³-hybridized carbons (Fsp3) is 0.467. The summed E-state index contributed by atoms with van der Waals surface area (Å²) in [5.74, 6) is 2.47. The van der Waals surface area contributed by atoms with Crippen molar-refractivity contribution in [3.63, 3.8) is 0 Å². The maximum absolute atomic E-state index is 4.89. The Morgan fingerprint density at radius 3 is 2.80 bits per heavy atom. The molecule has 1 N–H and O–H groups in total. The molecule has 0 aromatic carbocycles. The Kier molecular flexibility index (Phi) is 4.55. The average Bonchev–Trinajstić information content (AvgIpc) is 3.14. The highest BCUT2D eigenvalue weighted by Crippen LogP contribution is 2.38. The van der Waals surface area contributed by atoms with E-state index in [0.717, 1.165) is 23.8 Å². The molecule has 0 bridgehead atoms. The minimum absolute atomic E-state index is 0.611. The van der Waals surface area contributed by atoms with Crippen LogP contribution in [0.2, 0.25) is 0 Å². The minimum Gasteiger partial charge on any atom is -0.369 e. The van der Waals surface area contributed by atoms with Gasteiger partial charge in [-0.1, -0.05) is 12.8 Å². The van der Waals surface area contributed by atoms with Crippen molar-refractivity contribution < 1.29 is 0 Å². The van der Waals surface area contributed by atoms with Crippen molar-refractivity contribution >= 4 is 39.7 Å². The second-order valence-corrected chi connectivity index (χ2v) is 6.98. The van der Waals surface area contributed by atoms with Crippen LogP contribution >= 0.6 is 33.9 Å².